The van der Waals surface area contributed by atoms with Gasteiger partial charge in [0.25, 0.3) is 0 Å². The minimum Gasteiger partial charge on any atom is -0.507 e. The Kier molecular flexibility index (Phi) is 7.47. The Bertz CT molecular complexity index is 2220. The number of carbonyl (C=O) groups excluding carboxylic acids is 2. The molecule has 0 aliphatic heterocycles. The Balaban J connectivity index is 1.28. The van der Waals surface area contributed by atoms with Crippen molar-refractivity contribution < 1.29 is 19.4 Å². The molecule has 6 aromatic rings. The average Bonchev–Trinajstić information content (AvgIpc) is 3.30. The van der Waals surface area contributed by atoms with Crippen molar-refractivity contribution in [3.63, 3.8) is 0 Å². The fraction of sp³-hybridized carbons (Fsp3) is 0.233. The monoisotopic (exact) mass is 633 g/mol. The van der Waals surface area contributed by atoms with Crippen LogP contribution >= 0.6 is 0 Å². The Hall–Kier alpha value is -5.29. The van der Waals surface area contributed by atoms with Gasteiger partial charge < -0.3 is 9.84 Å². The number of hydrogen-bond acceptors (Lipinski definition) is 5. The van der Waals surface area contributed by atoms with Crippen molar-refractivity contribution in [1.29, 1.82) is 0 Å². The number of carbonyl (C=O) groups is 2. The maximum absolute atomic E-state index is 14.3. The standard InChI is InChI=1S/C43H39NO4/c1-42(2,3)31-21-25(22-32(40(31)46)43(4,5)6)24-48-34-18-12-16-27-19-20-33(44-38(27)34)37-39(45)30-23-28-15-10-11-17-29(28)35(36(30)41(37)47)26-13-8-7-9-14-26/h7-23,37,46H,24H2,1-6H3. The summed E-state index contributed by atoms with van der Waals surface area (Å²) < 4.78 is 6.43. The predicted octanol–water partition coefficient (Wildman–Crippen LogP) is 10.1. The number of ether oxygens (including phenoxy) is 1. The molecule has 1 aliphatic rings. The molecule has 7 rings (SSSR count). The molecule has 0 saturated heterocycles. The van der Waals surface area contributed by atoms with E-state index in [2.05, 4.69) is 41.5 Å². The first-order valence-corrected chi connectivity index (χ1v) is 16.4. The molecule has 1 atom stereocenters. The largest absolute Gasteiger partial charge is 0.507 e. The van der Waals surface area contributed by atoms with E-state index in [0.717, 1.165) is 44.0 Å². The number of Topliss-reactive ketones (excluding diaryl/α,β-unsaturated/α-hetero) is 2. The van der Waals surface area contributed by atoms with Gasteiger partial charge in [0.1, 0.15) is 29.5 Å². The minimum atomic E-state index is -1.04. The number of para-hydroxylation sites is 1. The second kappa shape index (κ2) is 11.4. The average molecular weight is 634 g/mol. The van der Waals surface area contributed by atoms with Gasteiger partial charge in [0.15, 0.2) is 11.6 Å². The lowest BCUT2D eigenvalue weighted by Gasteiger charge is -2.28. The normalized spacial score (nSPS) is 14.9. The molecule has 1 aromatic heterocycles. The number of nitrogens with zero attached hydrogens (tertiary/aromatic N) is 1. The van der Waals surface area contributed by atoms with Crippen LogP contribution in [0.5, 0.6) is 11.5 Å². The molecule has 5 aromatic carbocycles. The van der Waals surface area contributed by atoms with Gasteiger partial charge in [0.2, 0.25) is 0 Å². The molecule has 5 nitrogen and oxygen atoms in total. The predicted molar refractivity (Wildman–Crippen MR) is 192 cm³/mol. The quantitative estimate of drug-likeness (QED) is 0.191. The fourth-order valence-electron chi connectivity index (χ4n) is 6.88. The zero-order valence-corrected chi connectivity index (χ0v) is 28.2. The highest BCUT2D eigenvalue weighted by Gasteiger charge is 2.43. The molecule has 48 heavy (non-hydrogen) atoms. The summed E-state index contributed by atoms with van der Waals surface area (Å²) in [5.74, 6) is -0.638. The van der Waals surface area contributed by atoms with E-state index in [0.29, 0.717) is 33.8 Å². The highest BCUT2D eigenvalue weighted by molar-refractivity contribution is 6.33. The van der Waals surface area contributed by atoms with E-state index < -0.39 is 5.92 Å². The molecule has 1 aliphatic carbocycles. The Morgan fingerprint density at radius 2 is 1.33 bits per heavy atom. The minimum absolute atomic E-state index is 0.238. The van der Waals surface area contributed by atoms with Crippen molar-refractivity contribution in [3.05, 3.63) is 137 Å². The smallest absolute Gasteiger partial charge is 0.181 e. The number of hydrogen-bond donors (Lipinski definition) is 1. The van der Waals surface area contributed by atoms with Gasteiger partial charge in [-0.3, -0.25) is 9.59 Å². The lowest BCUT2D eigenvalue weighted by Crippen LogP contribution is -2.18. The van der Waals surface area contributed by atoms with E-state index in [1.807, 2.05) is 97.1 Å². The maximum atomic E-state index is 14.3. The van der Waals surface area contributed by atoms with Crippen LogP contribution in [0, 0.1) is 0 Å². The highest BCUT2D eigenvalue weighted by atomic mass is 16.5. The second-order valence-electron chi connectivity index (χ2n) is 14.8. The van der Waals surface area contributed by atoms with Gasteiger partial charge in [-0.25, -0.2) is 4.98 Å². The summed E-state index contributed by atoms with van der Waals surface area (Å²) in [5.41, 5.74) is 5.71. The molecule has 1 N–H and O–H groups in total. The maximum Gasteiger partial charge on any atom is 0.181 e. The van der Waals surface area contributed by atoms with Crippen LogP contribution in [0.1, 0.15) is 90.6 Å². The van der Waals surface area contributed by atoms with E-state index >= 15 is 0 Å². The van der Waals surface area contributed by atoms with Gasteiger partial charge in [-0.15, -0.1) is 0 Å². The molecular weight excluding hydrogens is 594 g/mol. The molecule has 0 saturated carbocycles. The Morgan fingerprint density at radius 1 is 0.688 bits per heavy atom. The number of fused-ring (bicyclic) bond motifs is 3. The number of pyridine rings is 1. The first-order valence-electron chi connectivity index (χ1n) is 16.4. The van der Waals surface area contributed by atoms with E-state index in [9.17, 15) is 14.7 Å². The van der Waals surface area contributed by atoms with Crippen LogP contribution in [0.25, 0.3) is 32.8 Å². The van der Waals surface area contributed by atoms with Crippen molar-refractivity contribution in [1.82, 2.24) is 4.98 Å². The van der Waals surface area contributed by atoms with Gasteiger partial charge >= 0.3 is 0 Å². The summed E-state index contributed by atoms with van der Waals surface area (Å²) in [6, 6.07) is 33.0. The SMILES string of the molecule is CC(C)(C)c1cc(COc2cccc3ccc(C4C(=O)c5cc6ccccc6c(-c6ccccc6)c5C4=O)nc23)cc(C(C)(C)C)c1O. The first kappa shape index (κ1) is 31.3. The van der Waals surface area contributed by atoms with Crippen molar-refractivity contribution in [2.75, 3.05) is 0 Å². The topological polar surface area (TPSA) is 76.5 Å². The lowest BCUT2D eigenvalue weighted by molar-refractivity contribution is 0.0888. The molecule has 0 radical (unpaired) electrons. The highest BCUT2D eigenvalue weighted by Crippen LogP contribution is 2.44. The van der Waals surface area contributed by atoms with Crippen molar-refractivity contribution in [2.24, 2.45) is 0 Å². The van der Waals surface area contributed by atoms with Gasteiger partial charge in [-0.1, -0.05) is 114 Å². The summed E-state index contributed by atoms with van der Waals surface area (Å²) in [4.78, 5) is 33.4. The van der Waals surface area contributed by atoms with Crippen LogP contribution in [0.3, 0.4) is 0 Å². The zero-order valence-electron chi connectivity index (χ0n) is 28.2. The van der Waals surface area contributed by atoms with Crippen LogP contribution < -0.4 is 4.74 Å². The van der Waals surface area contributed by atoms with Crippen LogP contribution in [-0.2, 0) is 17.4 Å². The number of phenols is 1. The summed E-state index contributed by atoms with van der Waals surface area (Å²) in [5, 5.41) is 13.9. The molecule has 5 heteroatoms. The van der Waals surface area contributed by atoms with Gasteiger partial charge in [-0.2, -0.15) is 0 Å². The third kappa shape index (κ3) is 5.33. The third-order valence-corrected chi connectivity index (χ3v) is 9.33. The second-order valence-corrected chi connectivity index (χ2v) is 14.8. The van der Waals surface area contributed by atoms with Crippen LogP contribution in [-0.4, -0.2) is 21.7 Å². The third-order valence-electron chi connectivity index (χ3n) is 9.33. The number of rotatable bonds is 5. The number of phenolic OH excluding ortho intramolecular Hbond substituents is 1. The molecular formula is C43H39NO4. The molecule has 1 heterocycles. The summed E-state index contributed by atoms with van der Waals surface area (Å²) in [6.07, 6.45) is 0. The molecule has 0 fully saturated rings. The van der Waals surface area contributed by atoms with Crippen LogP contribution in [0.15, 0.2) is 103 Å². The van der Waals surface area contributed by atoms with E-state index in [-0.39, 0.29) is 29.0 Å². The van der Waals surface area contributed by atoms with E-state index in [1.54, 1.807) is 6.07 Å². The van der Waals surface area contributed by atoms with Gasteiger partial charge in [0.05, 0.1) is 5.69 Å². The number of ketones is 2. The van der Waals surface area contributed by atoms with Crippen LogP contribution in [0.4, 0.5) is 0 Å². The Morgan fingerprint density at radius 3 is 2.02 bits per heavy atom. The fourth-order valence-corrected chi connectivity index (χ4v) is 6.88. The van der Waals surface area contributed by atoms with Crippen molar-refractivity contribution in [2.45, 2.75) is 64.9 Å². The molecule has 0 bridgehead atoms. The van der Waals surface area contributed by atoms with Crippen LogP contribution in [0.2, 0.25) is 0 Å². The lowest BCUT2D eigenvalue weighted by atomic mass is 9.78. The summed E-state index contributed by atoms with van der Waals surface area (Å²) in [6.45, 7) is 12.8. The van der Waals surface area contributed by atoms with Gasteiger partial charge in [-0.05, 0) is 74.2 Å². The zero-order chi connectivity index (χ0) is 34.0. The summed E-state index contributed by atoms with van der Waals surface area (Å²) in [7, 11) is 0. The number of aromatic nitrogens is 1. The summed E-state index contributed by atoms with van der Waals surface area (Å²) >= 11 is 0. The molecule has 240 valence electrons. The van der Waals surface area contributed by atoms with Crippen molar-refractivity contribution in [3.8, 4) is 22.6 Å². The Labute approximate surface area is 281 Å². The van der Waals surface area contributed by atoms with Gasteiger partial charge in [0, 0.05) is 22.1 Å². The molecule has 0 amide bonds. The van der Waals surface area contributed by atoms with Crippen molar-refractivity contribution >= 4 is 33.2 Å². The first-order chi connectivity index (χ1) is 22.8. The molecule has 1 unspecified atom stereocenters. The van der Waals surface area contributed by atoms with E-state index in [4.69, 9.17) is 9.72 Å². The van der Waals surface area contributed by atoms with E-state index in [1.165, 1.54) is 0 Å². The molecule has 0 spiro atoms. The number of benzene rings is 5. The number of aromatic hydroxyl groups is 1.